The summed E-state index contributed by atoms with van der Waals surface area (Å²) in [5.74, 6) is -2.19. The van der Waals surface area contributed by atoms with E-state index in [0.29, 0.717) is 25.7 Å². The van der Waals surface area contributed by atoms with Crippen LogP contribution in [0.3, 0.4) is 0 Å². The van der Waals surface area contributed by atoms with Crippen molar-refractivity contribution in [3.05, 3.63) is 60.8 Å². The highest BCUT2D eigenvalue weighted by molar-refractivity contribution is 7.47. The van der Waals surface area contributed by atoms with E-state index in [1.165, 1.54) is 89.9 Å². The van der Waals surface area contributed by atoms with E-state index in [1.807, 2.05) is 0 Å². The largest absolute Gasteiger partial charge is 0.472 e. The van der Waals surface area contributed by atoms with Gasteiger partial charge in [0.25, 0.3) is 0 Å². The first-order chi connectivity index (χ1) is 45.7. The maximum Gasteiger partial charge on any atom is 0.472 e. The number of ether oxygens (including phenoxy) is 4. The van der Waals surface area contributed by atoms with Crippen molar-refractivity contribution in [1.29, 1.82) is 0 Å². The van der Waals surface area contributed by atoms with Crippen LogP contribution in [0.15, 0.2) is 60.8 Å². The number of aliphatic hydroxyl groups is 1. The van der Waals surface area contributed by atoms with Gasteiger partial charge in [0.15, 0.2) is 12.2 Å². The van der Waals surface area contributed by atoms with Gasteiger partial charge in [-0.2, -0.15) is 0 Å². The molecule has 0 saturated carbocycles. The minimum Gasteiger partial charge on any atom is -0.462 e. The number of carbonyl (C=O) groups excluding carboxylic acids is 4. The number of phosphoric ester groups is 2. The molecule has 0 amide bonds. The molecule has 94 heavy (non-hydrogen) atoms. The molecule has 0 saturated heterocycles. The molecule has 548 valence electrons. The molecule has 0 rings (SSSR count). The molecular weight excluding hydrogens is 1230 g/mol. The molecule has 5 atom stereocenters. The molecule has 3 N–H and O–H groups in total. The standard InChI is InChI=1S/C75H136O17P2/c1-5-9-13-17-21-25-29-33-34-38-40-44-48-52-56-60-73(78)86-66-71(92-75(80)62-58-54-50-46-42-37-32-28-24-20-16-12-8-4)68-90-94(83,84)88-64-69(76)63-87-93(81,82)89-67-70(91-74(79)61-57-53-49-45-41-36-31-27-23-19-15-11-7-3)65-85-72(77)59-55-51-47-43-39-35-30-26-22-18-14-10-6-2/h14-15,18-19,26-27,30-31,33-34,69-71,76H,5-13,16-17,20-25,28-29,32,35-68H2,1-4H3,(H,81,82)(H,83,84)/b18-14-,19-15-,30-26-,31-27-,34-33-. The first kappa shape index (κ1) is 90.8. The fourth-order valence-corrected chi connectivity index (χ4v) is 11.8. The molecule has 0 aromatic carbocycles. The topological polar surface area (TPSA) is 237 Å². The Bertz CT molecular complexity index is 2030. The number of allylic oxidation sites excluding steroid dienone is 10. The summed E-state index contributed by atoms with van der Waals surface area (Å²) in [4.78, 5) is 72.7. The first-order valence-electron chi connectivity index (χ1n) is 37.5. The number of unbranched alkanes of at least 4 members (excludes halogenated alkanes) is 35. The Morgan fingerprint density at radius 2 is 0.543 bits per heavy atom. The lowest BCUT2D eigenvalue weighted by molar-refractivity contribution is -0.161. The summed E-state index contributed by atoms with van der Waals surface area (Å²) in [6, 6.07) is 0. The van der Waals surface area contributed by atoms with Gasteiger partial charge in [-0.05, 0) is 103 Å². The quantitative estimate of drug-likeness (QED) is 0.0169. The van der Waals surface area contributed by atoms with Crippen molar-refractivity contribution in [3.63, 3.8) is 0 Å². The molecule has 0 heterocycles. The number of hydrogen-bond donors (Lipinski definition) is 3. The average Bonchev–Trinajstić information content (AvgIpc) is 2.45. The minimum atomic E-state index is -4.97. The maximum atomic E-state index is 13.1. The zero-order valence-electron chi connectivity index (χ0n) is 59.6. The Labute approximate surface area is 571 Å². The summed E-state index contributed by atoms with van der Waals surface area (Å²) in [6.45, 7) is 4.74. The molecule has 0 fully saturated rings. The van der Waals surface area contributed by atoms with Gasteiger partial charge in [0.2, 0.25) is 0 Å². The number of esters is 4. The van der Waals surface area contributed by atoms with E-state index >= 15 is 0 Å². The average molecular weight is 1370 g/mol. The predicted octanol–water partition coefficient (Wildman–Crippen LogP) is 21.1. The zero-order chi connectivity index (χ0) is 69.0. The van der Waals surface area contributed by atoms with Crippen LogP contribution in [0.1, 0.15) is 336 Å². The Balaban J connectivity index is 5.32. The van der Waals surface area contributed by atoms with E-state index in [1.54, 1.807) is 0 Å². The predicted molar refractivity (Wildman–Crippen MR) is 381 cm³/mol. The lowest BCUT2D eigenvalue weighted by Gasteiger charge is -2.21. The van der Waals surface area contributed by atoms with Crippen LogP contribution in [0, 0.1) is 0 Å². The number of rotatable bonds is 71. The molecule has 0 bridgehead atoms. The molecule has 0 radical (unpaired) electrons. The summed E-state index contributed by atoms with van der Waals surface area (Å²) in [7, 11) is -9.94. The third kappa shape index (κ3) is 67.3. The zero-order valence-corrected chi connectivity index (χ0v) is 61.4. The van der Waals surface area contributed by atoms with Crippen LogP contribution in [0.25, 0.3) is 0 Å². The summed E-state index contributed by atoms with van der Waals surface area (Å²) in [5, 5.41) is 10.6. The molecule has 17 nitrogen and oxygen atoms in total. The molecule has 0 spiro atoms. The Kier molecular flexibility index (Phi) is 65.9. The fourth-order valence-electron chi connectivity index (χ4n) is 10.2. The molecule has 19 heteroatoms. The molecule has 0 aliphatic carbocycles. The van der Waals surface area contributed by atoms with Crippen molar-refractivity contribution in [2.45, 2.75) is 354 Å². The van der Waals surface area contributed by atoms with Crippen molar-refractivity contribution in [1.82, 2.24) is 0 Å². The van der Waals surface area contributed by atoms with Crippen LogP contribution in [0.2, 0.25) is 0 Å². The third-order valence-corrected chi connectivity index (χ3v) is 17.8. The van der Waals surface area contributed by atoms with Gasteiger partial charge < -0.3 is 33.8 Å². The number of aliphatic hydroxyl groups excluding tert-OH is 1. The second-order valence-corrected chi connectivity index (χ2v) is 28.1. The van der Waals surface area contributed by atoms with Gasteiger partial charge in [-0.15, -0.1) is 0 Å². The van der Waals surface area contributed by atoms with Gasteiger partial charge in [0.05, 0.1) is 26.4 Å². The third-order valence-electron chi connectivity index (χ3n) is 15.9. The van der Waals surface area contributed by atoms with Crippen molar-refractivity contribution < 1.29 is 80.2 Å². The Morgan fingerprint density at radius 1 is 0.298 bits per heavy atom. The smallest absolute Gasteiger partial charge is 0.462 e. The van der Waals surface area contributed by atoms with E-state index in [0.717, 1.165) is 167 Å². The normalized spacial score (nSPS) is 14.3. The Morgan fingerprint density at radius 3 is 0.840 bits per heavy atom. The SMILES string of the molecule is CCC/C=C\C/C=C\CCCCCCCC(=O)OCC(COP(=O)(O)OCC(O)COP(=O)(O)OCC(COC(=O)CCCCCCC/C=C\CCCCCCCC)OC(=O)CCCCCCCCCCCCCCC)OC(=O)CCCCCCC/C=C\C/C=C\CCC. The van der Waals surface area contributed by atoms with E-state index in [9.17, 15) is 43.2 Å². The van der Waals surface area contributed by atoms with Crippen molar-refractivity contribution >= 4 is 39.5 Å². The van der Waals surface area contributed by atoms with Crippen LogP contribution >= 0.6 is 15.6 Å². The highest BCUT2D eigenvalue weighted by Crippen LogP contribution is 2.45. The van der Waals surface area contributed by atoms with Crippen LogP contribution in [0.5, 0.6) is 0 Å². The highest BCUT2D eigenvalue weighted by Gasteiger charge is 2.30. The van der Waals surface area contributed by atoms with E-state index in [-0.39, 0.29) is 25.7 Å². The minimum absolute atomic E-state index is 0.0786. The van der Waals surface area contributed by atoms with Crippen molar-refractivity contribution in [3.8, 4) is 0 Å². The number of phosphoric acid groups is 2. The summed E-state index contributed by atoms with van der Waals surface area (Å²) in [6.07, 6.45) is 65.0. The number of carbonyl (C=O) groups is 4. The van der Waals surface area contributed by atoms with Gasteiger partial charge in [0.1, 0.15) is 19.3 Å². The molecule has 0 aliphatic rings. The van der Waals surface area contributed by atoms with Gasteiger partial charge in [-0.1, -0.05) is 268 Å². The second kappa shape index (κ2) is 68.3. The molecule has 0 aromatic heterocycles. The molecule has 0 aliphatic heterocycles. The van der Waals surface area contributed by atoms with Crippen LogP contribution in [0.4, 0.5) is 0 Å². The van der Waals surface area contributed by atoms with Gasteiger partial charge in [-0.3, -0.25) is 37.3 Å². The van der Waals surface area contributed by atoms with Gasteiger partial charge >= 0.3 is 39.5 Å². The Hall–Kier alpha value is -3.24. The molecule has 0 aromatic rings. The lowest BCUT2D eigenvalue weighted by atomic mass is 10.0. The van der Waals surface area contributed by atoms with Gasteiger partial charge in [-0.25, -0.2) is 9.13 Å². The first-order valence-corrected chi connectivity index (χ1v) is 40.5. The fraction of sp³-hybridized carbons (Fsp3) is 0.813. The van der Waals surface area contributed by atoms with Gasteiger partial charge in [0, 0.05) is 25.7 Å². The summed E-state index contributed by atoms with van der Waals surface area (Å²) < 4.78 is 68.4. The van der Waals surface area contributed by atoms with Crippen LogP contribution < -0.4 is 0 Å². The number of hydrogen-bond acceptors (Lipinski definition) is 15. The second-order valence-electron chi connectivity index (χ2n) is 25.2. The van der Waals surface area contributed by atoms with Crippen LogP contribution in [-0.4, -0.2) is 96.7 Å². The maximum absolute atomic E-state index is 13.1. The van der Waals surface area contributed by atoms with E-state index in [2.05, 4.69) is 88.5 Å². The summed E-state index contributed by atoms with van der Waals surface area (Å²) in [5.41, 5.74) is 0. The van der Waals surface area contributed by atoms with Crippen molar-refractivity contribution in [2.24, 2.45) is 0 Å². The molecule has 5 unspecified atom stereocenters. The summed E-state index contributed by atoms with van der Waals surface area (Å²) >= 11 is 0. The van der Waals surface area contributed by atoms with E-state index < -0.39 is 97.5 Å². The van der Waals surface area contributed by atoms with Crippen LogP contribution in [-0.2, 0) is 65.4 Å². The molecular formula is C75H136O17P2. The van der Waals surface area contributed by atoms with E-state index in [4.69, 9.17) is 37.0 Å². The highest BCUT2D eigenvalue weighted by atomic mass is 31.2. The lowest BCUT2D eigenvalue weighted by Crippen LogP contribution is -2.30. The van der Waals surface area contributed by atoms with Crippen molar-refractivity contribution in [2.75, 3.05) is 39.6 Å². The monoisotopic (exact) mass is 1370 g/mol.